The summed E-state index contributed by atoms with van der Waals surface area (Å²) in [6, 6.07) is 69.4. The summed E-state index contributed by atoms with van der Waals surface area (Å²) in [5.41, 5.74) is 17.8. The normalized spacial score (nSPS) is 14.0. The van der Waals surface area contributed by atoms with Gasteiger partial charge in [-0.3, -0.25) is 0 Å². The molecule has 2 heterocycles. The molecule has 0 amide bonds. The van der Waals surface area contributed by atoms with Gasteiger partial charge in [-0.25, -0.2) is 15.0 Å². The van der Waals surface area contributed by atoms with Crippen LogP contribution in [0.25, 0.3) is 89.1 Å². The quantitative estimate of drug-likeness (QED) is 0.167. The Morgan fingerprint density at radius 1 is 0.364 bits per heavy atom. The largest absolute Gasteiger partial charge is 0.456 e. The highest BCUT2D eigenvalue weighted by Crippen LogP contribution is 2.53. The van der Waals surface area contributed by atoms with E-state index in [1.165, 1.54) is 49.9 Å². The van der Waals surface area contributed by atoms with Gasteiger partial charge < -0.3 is 9.32 Å². The van der Waals surface area contributed by atoms with Crippen molar-refractivity contribution < 1.29 is 4.42 Å². The molecule has 0 unspecified atom stereocenters. The molecule has 9 aromatic carbocycles. The van der Waals surface area contributed by atoms with Crippen LogP contribution in [0.3, 0.4) is 0 Å². The van der Waals surface area contributed by atoms with Crippen LogP contribution in [0.4, 0.5) is 17.1 Å². The maximum absolute atomic E-state index is 6.85. The van der Waals surface area contributed by atoms with Gasteiger partial charge in [-0.05, 0) is 104 Å². The zero-order valence-electron chi connectivity index (χ0n) is 37.2. The Morgan fingerprint density at radius 2 is 0.894 bits per heavy atom. The monoisotopic (exact) mass is 848 g/mol. The third-order valence-electron chi connectivity index (χ3n) is 14.3. The number of benzene rings is 9. The lowest BCUT2D eigenvalue weighted by Crippen LogP contribution is -2.16. The van der Waals surface area contributed by atoms with Gasteiger partial charge in [0.2, 0.25) is 0 Å². The van der Waals surface area contributed by atoms with Gasteiger partial charge in [0.1, 0.15) is 11.2 Å². The molecular weight excluding hydrogens is 805 g/mol. The first-order valence-corrected chi connectivity index (χ1v) is 22.8. The molecule has 0 radical (unpaired) electrons. The minimum absolute atomic E-state index is 0.0975. The van der Waals surface area contributed by atoms with E-state index < -0.39 is 0 Å². The zero-order valence-corrected chi connectivity index (χ0v) is 37.2. The molecule has 2 aliphatic rings. The van der Waals surface area contributed by atoms with Crippen LogP contribution < -0.4 is 4.90 Å². The number of rotatable bonds is 6. The Kier molecular flexibility index (Phi) is 8.23. The van der Waals surface area contributed by atoms with Crippen LogP contribution in [0.1, 0.15) is 49.9 Å². The van der Waals surface area contributed by atoms with Crippen LogP contribution in [0, 0.1) is 0 Å². The van der Waals surface area contributed by atoms with E-state index in [2.05, 4.69) is 184 Å². The van der Waals surface area contributed by atoms with Gasteiger partial charge in [0, 0.05) is 61.4 Å². The molecule has 5 heteroatoms. The fraction of sp³-hybridized carbons (Fsp3) is 0.0984. The molecule has 13 rings (SSSR count). The van der Waals surface area contributed by atoms with Crippen LogP contribution in [-0.4, -0.2) is 15.0 Å². The molecule has 0 atom stereocenters. The molecule has 2 aliphatic carbocycles. The van der Waals surface area contributed by atoms with E-state index in [0.717, 1.165) is 61.1 Å². The minimum Gasteiger partial charge on any atom is -0.456 e. The third kappa shape index (κ3) is 5.76. The average molecular weight is 849 g/mol. The van der Waals surface area contributed by atoms with Crippen molar-refractivity contribution in [2.24, 2.45) is 0 Å². The number of nitrogens with zero attached hydrogens (tertiary/aromatic N) is 4. The molecule has 314 valence electrons. The van der Waals surface area contributed by atoms with Crippen molar-refractivity contribution >= 4 is 49.8 Å². The summed E-state index contributed by atoms with van der Waals surface area (Å²) in [6.45, 7) is 9.34. The maximum atomic E-state index is 6.85. The Labute approximate surface area is 383 Å². The molecular formula is C61H44N4O. The average Bonchev–Trinajstić information content (AvgIpc) is 3.93. The predicted molar refractivity (Wildman–Crippen MR) is 271 cm³/mol. The third-order valence-corrected chi connectivity index (χ3v) is 14.3. The number of anilines is 3. The molecule has 0 N–H and O–H groups in total. The fourth-order valence-electron chi connectivity index (χ4n) is 11.0. The highest BCUT2D eigenvalue weighted by Gasteiger charge is 2.37. The molecule has 0 aliphatic heterocycles. The predicted octanol–water partition coefficient (Wildman–Crippen LogP) is 16.0. The molecule has 5 nitrogen and oxygen atoms in total. The van der Waals surface area contributed by atoms with Crippen molar-refractivity contribution in [2.75, 3.05) is 4.90 Å². The fourth-order valence-corrected chi connectivity index (χ4v) is 11.0. The van der Waals surface area contributed by atoms with Gasteiger partial charge in [0.05, 0.1) is 0 Å². The highest BCUT2D eigenvalue weighted by molar-refractivity contribution is 6.12. The van der Waals surface area contributed by atoms with Crippen LogP contribution >= 0.6 is 0 Å². The summed E-state index contributed by atoms with van der Waals surface area (Å²) in [5, 5.41) is 4.26. The van der Waals surface area contributed by atoms with Gasteiger partial charge in [0.25, 0.3) is 0 Å². The molecule has 0 fully saturated rings. The highest BCUT2D eigenvalue weighted by atomic mass is 16.3. The lowest BCUT2D eigenvalue weighted by Gasteiger charge is -2.28. The van der Waals surface area contributed by atoms with Gasteiger partial charge in [-0.2, -0.15) is 0 Å². The number of aromatic nitrogens is 3. The van der Waals surface area contributed by atoms with E-state index >= 15 is 0 Å². The molecule has 0 saturated carbocycles. The van der Waals surface area contributed by atoms with Crippen LogP contribution in [-0.2, 0) is 10.8 Å². The number of furan rings is 1. The number of fused-ring (bicyclic) bond motifs is 10. The summed E-state index contributed by atoms with van der Waals surface area (Å²) >= 11 is 0. The Bertz CT molecular complexity index is 3680. The second-order valence-electron chi connectivity index (χ2n) is 18.8. The molecule has 0 spiro atoms. The molecule has 66 heavy (non-hydrogen) atoms. The van der Waals surface area contributed by atoms with Crippen molar-refractivity contribution in [3.8, 4) is 56.4 Å². The van der Waals surface area contributed by atoms with E-state index in [1.807, 2.05) is 42.5 Å². The molecule has 2 aromatic heterocycles. The van der Waals surface area contributed by atoms with Gasteiger partial charge in [0.15, 0.2) is 17.5 Å². The Morgan fingerprint density at radius 3 is 1.58 bits per heavy atom. The van der Waals surface area contributed by atoms with E-state index in [0.29, 0.717) is 17.5 Å². The summed E-state index contributed by atoms with van der Waals surface area (Å²) in [6.07, 6.45) is 0. The Balaban J connectivity index is 0.991. The molecule has 0 saturated heterocycles. The van der Waals surface area contributed by atoms with E-state index in [9.17, 15) is 0 Å². The van der Waals surface area contributed by atoms with Gasteiger partial charge in [-0.15, -0.1) is 0 Å². The van der Waals surface area contributed by atoms with Crippen molar-refractivity contribution in [1.82, 2.24) is 15.0 Å². The van der Waals surface area contributed by atoms with E-state index in [1.54, 1.807) is 0 Å². The summed E-state index contributed by atoms with van der Waals surface area (Å²) in [5.74, 6) is 1.83. The van der Waals surface area contributed by atoms with E-state index in [4.69, 9.17) is 19.4 Å². The minimum atomic E-state index is -0.0975. The van der Waals surface area contributed by atoms with Crippen molar-refractivity contribution in [2.45, 2.75) is 38.5 Å². The van der Waals surface area contributed by atoms with Gasteiger partial charge in [-0.1, -0.05) is 167 Å². The lowest BCUT2D eigenvalue weighted by molar-refractivity contribution is 0.660. The SMILES string of the molecule is CC1(C)c2ccccc2-c2cc(N(c3ccc4c(c3)-c3ccccc3C4(C)C)c3ccc4c(c3)oc3cccc(-c5nc(-c6ccccc6)nc(-c6ccc7ccccc7c6)n5)c34)ccc21. The van der Waals surface area contributed by atoms with Gasteiger partial charge >= 0.3 is 0 Å². The second-order valence-corrected chi connectivity index (χ2v) is 18.8. The maximum Gasteiger partial charge on any atom is 0.164 e. The molecule has 11 aromatic rings. The first kappa shape index (κ1) is 38.3. The van der Waals surface area contributed by atoms with E-state index in [-0.39, 0.29) is 10.8 Å². The first-order valence-electron chi connectivity index (χ1n) is 22.8. The topological polar surface area (TPSA) is 55.1 Å². The Hall–Kier alpha value is -8.15. The zero-order chi connectivity index (χ0) is 44.3. The summed E-state index contributed by atoms with van der Waals surface area (Å²) in [7, 11) is 0. The van der Waals surface area contributed by atoms with Crippen molar-refractivity contribution in [1.29, 1.82) is 0 Å². The molecule has 0 bridgehead atoms. The lowest BCUT2D eigenvalue weighted by atomic mass is 9.82. The van der Waals surface area contributed by atoms with Crippen LogP contribution in [0.15, 0.2) is 199 Å². The standard InChI is InChI=1S/C61H44N4O/c1-60(2)50-22-12-10-19-44(50)48-34-41(28-31-52(48)60)65(42-29-32-53-49(35-42)45-20-11-13-23-51(45)61(53,3)4)43-27-30-46-55(36-43)66-54-24-14-21-47(56(46)54)59-63-57(38-16-6-5-7-17-38)62-58(64-59)40-26-25-37-15-8-9-18-39(37)33-40/h5-36H,1-4H3. The second kappa shape index (κ2) is 14.2. The van der Waals surface area contributed by atoms with Crippen LogP contribution in [0.5, 0.6) is 0 Å². The summed E-state index contributed by atoms with van der Waals surface area (Å²) < 4.78 is 6.85. The van der Waals surface area contributed by atoms with Crippen molar-refractivity contribution in [3.05, 3.63) is 216 Å². The number of hydrogen-bond donors (Lipinski definition) is 0. The van der Waals surface area contributed by atoms with Crippen LogP contribution in [0.2, 0.25) is 0 Å². The number of hydrogen-bond acceptors (Lipinski definition) is 5. The smallest absolute Gasteiger partial charge is 0.164 e. The first-order chi connectivity index (χ1) is 32.2. The summed E-state index contributed by atoms with van der Waals surface area (Å²) in [4.78, 5) is 17.8. The van der Waals surface area contributed by atoms with Crippen molar-refractivity contribution in [3.63, 3.8) is 0 Å².